The average Bonchev–Trinajstić information content (AvgIpc) is 1.14. The first-order chi connectivity index (χ1) is 3.71. The summed E-state index contributed by atoms with van der Waals surface area (Å²) in [7, 11) is -11.4. The molecule has 1 radical (unpaired) electrons. The zero-order valence-corrected chi connectivity index (χ0v) is 12.0. The summed E-state index contributed by atoms with van der Waals surface area (Å²) >= 11 is 0. The van der Waals surface area contributed by atoms with Gasteiger partial charge < -0.3 is 33.0 Å². The first-order valence-corrected chi connectivity index (χ1v) is 4.38. The summed E-state index contributed by atoms with van der Waals surface area (Å²) in [6.45, 7) is 0. The van der Waals surface area contributed by atoms with E-state index in [1.807, 2.05) is 0 Å². The Balaban J connectivity index is -0.0000000320. The third-order valence-corrected chi connectivity index (χ3v) is 1.80. The van der Waals surface area contributed by atoms with Crippen molar-refractivity contribution in [3.8, 4) is 0 Å². The minimum absolute atomic E-state index is 0. The Kier molecular flexibility index (Phi) is 36.2. The van der Waals surface area contributed by atoms with E-state index in [4.69, 9.17) is 0 Å². The molecule has 14 heteroatoms. The first kappa shape index (κ1) is 36.0. The summed E-state index contributed by atoms with van der Waals surface area (Å²) < 4.78 is 21.2. The van der Waals surface area contributed by atoms with Crippen molar-refractivity contribution in [2.45, 2.75) is 0 Å². The third kappa shape index (κ3) is 36.3. The molecule has 0 bridgehead atoms. The van der Waals surface area contributed by atoms with Crippen molar-refractivity contribution in [1.29, 1.82) is 0 Å². The largest absolute Gasteiger partial charge is 2.00 e. The molecule has 77 valence electrons. The van der Waals surface area contributed by atoms with Crippen LogP contribution in [0.4, 0.5) is 0 Å². The van der Waals surface area contributed by atoms with Crippen LogP contribution in [0.5, 0.6) is 0 Å². The Morgan fingerprint density at radius 3 is 0.929 bits per heavy atom. The molecule has 0 aliphatic heterocycles. The summed E-state index contributed by atoms with van der Waals surface area (Å²) in [6, 6.07) is 0. The molecular weight excluding hydrogens is 354 g/mol. The fourth-order valence-corrected chi connectivity index (χ4v) is 1.10. The van der Waals surface area contributed by atoms with Crippen LogP contribution in [-0.4, -0.2) is 0 Å². The van der Waals surface area contributed by atoms with Gasteiger partial charge in [-0.1, -0.05) is 0 Å². The van der Waals surface area contributed by atoms with E-state index < -0.39 is 15.6 Å². The van der Waals surface area contributed by atoms with Gasteiger partial charge in [-0.05, 0) is 0 Å². The van der Waals surface area contributed by atoms with E-state index >= 15 is 0 Å². The number of phosphoric acid groups is 2. The maximum Gasteiger partial charge on any atom is 2.00 e. The van der Waals surface area contributed by atoms with E-state index in [-0.39, 0.29) is 88.9 Å². The average molecular weight is 354 g/mol. The van der Waals surface area contributed by atoms with Crippen LogP contribution in [0.3, 0.4) is 0 Å². The van der Waals surface area contributed by atoms with Gasteiger partial charge >= 0.3 is 54.8 Å². The molecule has 0 amide bonds. The van der Waals surface area contributed by atoms with Crippen LogP contribution in [0, 0.1) is 0 Å². The molecule has 0 rings (SSSR count). The molecule has 0 aromatic heterocycles. The molecular formula is Fe2Li2MnO7P2. The second kappa shape index (κ2) is 14.1. The summed E-state index contributed by atoms with van der Waals surface area (Å²) in [6.07, 6.45) is 0. The standard InChI is InChI=1S/2Fe.2Li.Mn.H4O7P2/c;;;;;1-8(2,3)7-9(4,5)6/h;;;;;(H2,1,2,3)(H2,4,5,6)/q;;2*+1;+2;/p-4. The molecule has 0 aromatic carbocycles. The zero-order chi connectivity index (χ0) is 7.71. The Morgan fingerprint density at radius 2 is 0.929 bits per heavy atom. The van der Waals surface area contributed by atoms with Gasteiger partial charge in [0.2, 0.25) is 0 Å². The van der Waals surface area contributed by atoms with Crippen LogP contribution in [-0.2, 0) is 64.6 Å². The maximum atomic E-state index is 9.32. The Labute approximate surface area is 136 Å². The van der Waals surface area contributed by atoms with Gasteiger partial charge in [0.15, 0.2) is 0 Å². The number of rotatable bonds is 2. The van der Waals surface area contributed by atoms with E-state index in [0.29, 0.717) is 0 Å². The smallest absolute Gasteiger partial charge is 0.790 e. The molecule has 0 saturated carbocycles. The molecule has 0 fully saturated rings. The van der Waals surface area contributed by atoms with Crippen LogP contribution in [0.25, 0.3) is 0 Å². The SMILES string of the molecule is O=P([O-])([O-])OP(=O)([O-])[O-].[Fe].[Fe].[Li+].[Li+].[Mn+2]. The second-order valence-corrected chi connectivity index (χ2v) is 3.42. The number of hydrogen-bond donors (Lipinski definition) is 0. The van der Waals surface area contributed by atoms with Gasteiger partial charge in [0.05, 0.1) is 15.6 Å². The van der Waals surface area contributed by atoms with E-state index in [2.05, 4.69) is 4.31 Å². The summed E-state index contributed by atoms with van der Waals surface area (Å²) in [5, 5.41) is 0. The molecule has 0 saturated heterocycles. The minimum atomic E-state index is -5.68. The van der Waals surface area contributed by atoms with E-state index in [1.165, 1.54) is 0 Å². The zero-order valence-electron chi connectivity index (χ0n) is 6.84. The fraction of sp³-hybridized carbons (Fsp3) is 0. The molecule has 14 heavy (non-hydrogen) atoms. The normalized spacial score (nSPS) is 8.86. The number of hydrogen-bond acceptors (Lipinski definition) is 7. The quantitative estimate of drug-likeness (QED) is 0.355. The molecule has 0 aliphatic carbocycles. The fourth-order valence-electron chi connectivity index (χ4n) is 0.122. The van der Waals surface area contributed by atoms with E-state index in [1.54, 1.807) is 0 Å². The van der Waals surface area contributed by atoms with Crippen LogP contribution >= 0.6 is 15.6 Å². The van der Waals surface area contributed by atoms with Gasteiger partial charge in [-0.15, -0.1) is 0 Å². The summed E-state index contributed by atoms with van der Waals surface area (Å²) in [4.78, 5) is 37.3. The van der Waals surface area contributed by atoms with Gasteiger partial charge in [-0.25, -0.2) is 0 Å². The maximum absolute atomic E-state index is 9.32. The van der Waals surface area contributed by atoms with Crippen LogP contribution in [0.1, 0.15) is 0 Å². The second-order valence-electron chi connectivity index (χ2n) is 0.976. The van der Waals surface area contributed by atoms with Crippen molar-refractivity contribution < 1.29 is 122 Å². The third-order valence-electron chi connectivity index (χ3n) is 0.200. The molecule has 7 nitrogen and oxygen atoms in total. The topological polar surface area (TPSA) is 136 Å². The summed E-state index contributed by atoms with van der Waals surface area (Å²) in [5.41, 5.74) is 0. The Bertz CT molecular complexity index is 168. The van der Waals surface area contributed by atoms with Gasteiger partial charge in [0, 0.05) is 34.1 Å². The molecule has 0 N–H and O–H groups in total. The molecule has 0 heterocycles. The molecule has 0 aromatic rings. The van der Waals surface area contributed by atoms with Crippen LogP contribution in [0.15, 0.2) is 0 Å². The van der Waals surface area contributed by atoms with Crippen molar-refractivity contribution in [2.75, 3.05) is 0 Å². The van der Waals surface area contributed by atoms with Crippen LogP contribution < -0.4 is 57.3 Å². The van der Waals surface area contributed by atoms with E-state index in [0.717, 1.165) is 0 Å². The Morgan fingerprint density at radius 1 is 0.786 bits per heavy atom. The van der Waals surface area contributed by atoms with Crippen molar-refractivity contribution in [2.24, 2.45) is 0 Å². The Hall–Kier alpha value is 3.01. The van der Waals surface area contributed by atoms with Gasteiger partial charge in [0.25, 0.3) is 0 Å². The predicted octanol–water partition coefficient (Wildman–Crippen LogP) is -9.34. The first-order valence-electron chi connectivity index (χ1n) is 1.46. The van der Waals surface area contributed by atoms with Gasteiger partial charge in [0.1, 0.15) is 0 Å². The monoisotopic (exact) mass is 355 g/mol. The van der Waals surface area contributed by atoms with Crippen molar-refractivity contribution in [1.82, 2.24) is 0 Å². The van der Waals surface area contributed by atoms with Crippen LogP contribution in [0.2, 0.25) is 0 Å². The van der Waals surface area contributed by atoms with Gasteiger partial charge in [-0.2, -0.15) is 0 Å². The van der Waals surface area contributed by atoms with Crippen molar-refractivity contribution >= 4 is 15.6 Å². The van der Waals surface area contributed by atoms with E-state index in [9.17, 15) is 28.7 Å². The molecule has 0 spiro atoms. The predicted molar refractivity (Wildman–Crippen MR) is 16.3 cm³/mol. The molecule has 0 atom stereocenters. The molecule has 0 aliphatic rings. The van der Waals surface area contributed by atoms with Gasteiger partial charge in [-0.3, -0.25) is 0 Å². The molecule has 0 unspecified atom stereocenters. The van der Waals surface area contributed by atoms with Crippen molar-refractivity contribution in [3.63, 3.8) is 0 Å². The summed E-state index contributed by atoms with van der Waals surface area (Å²) in [5.74, 6) is 0. The minimum Gasteiger partial charge on any atom is -0.790 e. The van der Waals surface area contributed by atoms with Crippen molar-refractivity contribution in [3.05, 3.63) is 0 Å².